The predicted octanol–water partition coefficient (Wildman–Crippen LogP) is 4.54. The molecule has 0 saturated heterocycles. The van der Waals surface area contributed by atoms with Crippen molar-refractivity contribution >= 4 is 17.8 Å². The average Bonchev–Trinajstić information content (AvgIpc) is 2.95. The average molecular weight is 426 g/mol. The van der Waals surface area contributed by atoms with Crippen LogP contribution in [0.2, 0.25) is 5.02 Å². The molecule has 0 radical (unpaired) electrons. The molecule has 0 aliphatic carbocycles. The molecule has 0 saturated carbocycles. The summed E-state index contributed by atoms with van der Waals surface area (Å²) in [7, 11) is 1.43. The Labute approximate surface area is 180 Å². The zero-order valence-electron chi connectivity index (χ0n) is 16.8. The molecule has 1 aliphatic heterocycles. The fourth-order valence-electron chi connectivity index (χ4n) is 3.12. The van der Waals surface area contributed by atoms with E-state index in [4.69, 9.17) is 27.3 Å². The topological polar surface area (TPSA) is 107 Å². The molecule has 2 atom stereocenters. The summed E-state index contributed by atoms with van der Waals surface area (Å²) < 4.78 is 20.6. The van der Waals surface area contributed by atoms with Gasteiger partial charge in [0.15, 0.2) is 0 Å². The maximum Gasteiger partial charge on any atom is 0.149 e. The summed E-state index contributed by atoms with van der Waals surface area (Å²) in [4.78, 5) is 4.08. The summed E-state index contributed by atoms with van der Waals surface area (Å²) in [6.45, 7) is 7.11. The largest absolute Gasteiger partial charge is 0.496 e. The highest BCUT2D eigenvalue weighted by Crippen LogP contribution is 2.40. The van der Waals surface area contributed by atoms with Gasteiger partial charge in [-0.25, -0.2) is 4.39 Å². The van der Waals surface area contributed by atoms with E-state index in [0.29, 0.717) is 16.8 Å². The van der Waals surface area contributed by atoms with Gasteiger partial charge >= 0.3 is 0 Å². The Balaban J connectivity index is 2.58. The lowest BCUT2D eigenvalue weighted by Crippen LogP contribution is -2.21. The van der Waals surface area contributed by atoms with Crippen LogP contribution < -0.4 is 15.8 Å². The number of halogens is 2. The van der Waals surface area contributed by atoms with Gasteiger partial charge in [0.25, 0.3) is 0 Å². The van der Waals surface area contributed by atoms with Gasteiger partial charge in [0, 0.05) is 40.9 Å². The molecular weight excluding hydrogens is 405 g/mol. The van der Waals surface area contributed by atoms with E-state index in [1.165, 1.54) is 25.6 Å². The van der Waals surface area contributed by atoms with Crippen LogP contribution in [0.5, 0.6) is 5.75 Å². The first-order valence-corrected chi connectivity index (χ1v) is 9.32. The van der Waals surface area contributed by atoms with Crippen molar-refractivity contribution in [2.75, 3.05) is 7.11 Å². The first-order valence-electron chi connectivity index (χ1n) is 8.94. The van der Waals surface area contributed by atoms with Gasteiger partial charge < -0.3 is 15.8 Å². The smallest absolute Gasteiger partial charge is 0.149 e. The standard InChI is InChI=1S/C22H21ClFN5O/c1-12(27)18(9-26)14(3)29-13(2)17-7-19(23)21(24)20(22(17)30-4)16-6-5-15(8-25)10-28-11-16/h5-7,10-11,13,16,29H,1,27H2,2-4H3/b18-14+. The minimum absolute atomic E-state index is 0.0839. The first-order chi connectivity index (χ1) is 14.2. The second-order valence-electron chi connectivity index (χ2n) is 6.59. The molecule has 3 N–H and O–H groups in total. The minimum atomic E-state index is -0.633. The second-order valence-corrected chi connectivity index (χ2v) is 7.00. The maximum atomic E-state index is 15.0. The monoisotopic (exact) mass is 425 g/mol. The number of methoxy groups -OCH3 is 1. The van der Waals surface area contributed by atoms with Crippen molar-refractivity contribution in [1.82, 2.24) is 5.32 Å². The molecule has 6 nitrogen and oxygen atoms in total. The summed E-state index contributed by atoms with van der Waals surface area (Å²) in [5.74, 6) is -0.940. The van der Waals surface area contributed by atoms with Gasteiger partial charge in [0.2, 0.25) is 0 Å². The molecule has 1 aliphatic rings. The molecule has 1 aromatic carbocycles. The van der Waals surface area contributed by atoms with Crippen molar-refractivity contribution in [3.05, 3.63) is 75.5 Å². The van der Waals surface area contributed by atoms with Crippen LogP contribution in [-0.2, 0) is 0 Å². The zero-order valence-corrected chi connectivity index (χ0v) is 17.6. The Morgan fingerprint density at radius 1 is 1.47 bits per heavy atom. The summed E-state index contributed by atoms with van der Waals surface area (Å²) in [5, 5.41) is 21.4. The van der Waals surface area contributed by atoms with E-state index < -0.39 is 17.8 Å². The Hall–Kier alpha value is -3.55. The number of nitriles is 2. The highest BCUT2D eigenvalue weighted by molar-refractivity contribution is 6.31. The van der Waals surface area contributed by atoms with Gasteiger partial charge in [-0.3, -0.25) is 4.99 Å². The fraction of sp³-hybridized carbons (Fsp3) is 0.227. The molecule has 154 valence electrons. The van der Waals surface area contributed by atoms with E-state index in [-0.39, 0.29) is 27.6 Å². The molecule has 0 aromatic heterocycles. The van der Waals surface area contributed by atoms with Crippen molar-refractivity contribution in [3.63, 3.8) is 0 Å². The molecule has 2 rings (SSSR count). The maximum absolute atomic E-state index is 15.0. The molecule has 0 bridgehead atoms. The van der Waals surface area contributed by atoms with Gasteiger partial charge in [0.05, 0.1) is 29.3 Å². The summed E-state index contributed by atoms with van der Waals surface area (Å²) >= 11 is 6.19. The van der Waals surface area contributed by atoms with Crippen LogP contribution in [-0.4, -0.2) is 13.3 Å². The normalized spacial score (nSPS) is 17.0. The first kappa shape index (κ1) is 22.7. The van der Waals surface area contributed by atoms with Crippen molar-refractivity contribution < 1.29 is 9.13 Å². The Morgan fingerprint density at radius 2 is 2.17 bits per heavy atom. The zero-order chi connectivity index (χ0) is 22.4. The van der Waals surface area contributed by atoms with Gasteiger partial charge in [-0.05, 0) is 26.0 Å². The van der Waals surface area contributed by atoms with Gasteiger partial charge in [-0.1, -0.05) is 24.3 Å². The van der Waals surface area contributed by atoms with Crippen molar-refractivity contribution in [2.24, 2.45) is 10.7 Å². The molecule has 2 unspecified atom stereocenters. The predicted molar refractivity (Wildman–Crippen MR) is 115 cm³/mol. The third-order valence-corrected chi connectivity index (χ3v) is 4.83. The van der Waals surface area contributed by atoms with Crippen molar-refractivity contribution in [1.29, 1.82) is 10.5 Å². The van der Waals surface area contributed by atoms with Crippen LogP contribution >= 0.6 is 11.6 Å². The van der Waals surface area contributed by atoms with E-state index in [2.05, 4.69) is 16.9 Å². The molecule has 0 fully saturated rings. The molecular formula is C22H21ClFN5O. The summed E-state index contributed by atoms with van der Waals surface area (Å²) in [5.41, 5.74) is 7.67. The Morgan fingerprint density at radius 3 is 2.73 bits per heavy atom. The van der Waals surface area contributed by atoms with Gasteiger partial charge in [0.1, 0.15) is 23.7 Å². The van der Waals surface area contributed by atoms with Gasteiger partial charge in [-0.2, -0.15) is 10.5 Å². The van der Waals surface area contributed by atoms with E-state index in [0.717, 1.165) is 0 Å². The SMILES string of the molecule is C=C(N)/C(C#N)=C(\C)NC(C)c1cc(Cl)c(F)c(C2C=CC(C#N)=CN=C2)c1OC. The molecule has 1 aromatic rings. The number of ether oxygens (including phenoxy) is 1. The second kappa shape index (κ2) is 9.78. The van der Waals surface area contributed by atoms with E-state index in [1.807, 2.05) is 19.1 Å². The van der Waals surface area contributed by atoms with Gasteiger partial charge in [-0.15, -0.1) is 0 Å². The lowest BCUT2D eigenvalue weighted by Gasteiger charge is -2.24. The quantitative estimate of drug-likeness (QED) is 0.514. The number of benzene rings is 1. The fourth-order valence-corrected chi connectivity index (χ4v) is 3.34. The Kier molecular flexibility index (Phi) is 7.41. The number of hydrogen-bond acceptors (Lipinski definition) is 6. The van der Waals surface area contributed by atoms with Crippen LogP contribution in [0.3, 0.4) is 0 Å². The minimum Gasteiger partial charge on any atom is -0.496 e. The van der Waals surface area contributed by atoms with Crippen LogP contribution in [0.4, 0.5) is 4.39 Å². The number of nitrogens with two attached hydrogens (primary N) is 1. The lowest BCUT2D eigenvalue weighted by molar-refractivity contribution is 0.394. The molecule has 0 spiro atoms. The van der Waals surface area contributed by atoms with Crippen LogP contribution in [0.25, 0.3) is 0 Å². The van der Waals surface area contributed by atoms with E-state index >= 15 is 4.39 Å². The molecule has 8 heteroatoms. The van der Waals surface area contributed by atoms with Crippen molar-refractivity contribution in [2.45, 2.75) is 25.8 Å². The number of nitrogens with zero attached hydrogens (tertiary/aromatic N) is 3. The third kappa shape index (κ3) is 4.71. The van der Waals surface area contributed by atoms with E-state index in [1.54, 1.807) is 19.1 Å². The van der Waals surface area contributed by atoms with Crippen LogP contribution in [0.1, 0.15) is 36.9 Å². The molecule has 0 amide bonds. The van der Waals surface area contributed by atoms with Crippen molar-refractivity contribution in [3.8, 4) is 17.9 Å². The Bertz CT molecular complexity index is 1070. The molecule has 1 heterocycles. The van der Waals surface area contributed by atoms with E-state index in [9.17, 15) is 5.26 Å². The lowest BCUT2D eigenvalue weighted by atomic mass is 9.93. The highest BCUT2D eigenvalue weighted by Gasteiger charge is 2.26. The number of nitrogens with one attached hydrogen (secondary N) is 1. The number of rotatable bonds is 6. The molecule has 30 heavy (non-hydrogen) atoms. The highest BCUT2D eigenvalue weighted by atomic mass is 35.5. The summed E-state index contributed by atoms with van der Waals surface area (Å²) in [6.07, 6.45) is 6.13. The van der Waals surface area contributed by atoms with Crippen LogP contribution in [0.15, 0.2) is 58.5 Å². The number of hydrogen-bond donors (Lipinski definition) is 2. The third-order valence-electron chi connectivity index (χ3n) is 4.55. The number of allylic oxidation sites excluding steroid dienone is 5. The summed E-state index contributed by atoms with van der Waals surface area (Å²) in [6, 6.07) is 5.07. The van der Waals surface area contributed by atoms with Crippen LogP contribution in [0, 0.1) is 28.5 Å². The number of aliphatic imine (C=N–C) groups is 1.